The molecular formula is C14H20Cl2N2O2S. The SMILES string of the molecule is CC1(CNS(=O)(=O)Cc2cc(Cl)cc(Cl)c2)CCNCC1. The Balaban J connectivity index is 1.98. The van der Waals surface area contributed by atoms with Crippen LogP contribution < -0.4 is 10.0 Å². The first kappa shape index (κ1) is 17.0. The highest BCUT2D eigenvalue weighted by molar-refractivity contribution is 7.88. The molecule has 0 atom stereocenters. The van der Waals surface area contributed by atoms with E-state index in [0.717, 1.165) is 25.9 Å². The monoisotopic (exact) mass is 350 g/mol. The van der Waals surface area contributed by atoms with E-state index in [2.05, 4.69) is 17.0 Å². The van der Waals surface area contributed by atoms with E-state index in [-0.39, 0.29) is 11.2 Å². The summed E-state index contributed by atoms with van der Waals surface area (Å²) in [4.78, 5) is 0. The first-order valence-electron chi connectivity index (χ1n) is 6.91. The summed E-state index contributed by atoms with van der Waals surface area (Å²) in [6.07, 6.45) is 1.94. The third-order valence-corrected chi connectivity index (χ3v) is 5.54. The van der Waals surface area contributed by atoms with Gasteiger partial charge < -0.3 is 5.32 Å². The van der Waals surface area contributed by atoms with Crippen molar-refractivity contribution >= 4 is 33.2 Å². The van der Waals surface area contributed by atoms with Crippen molar-refractivity contribution in [2.45, 2.75) is 25.5 Å². The van der Waals surface area contributed by atoms with Crippen molar-refractivity contribution in [3.8, 4) is 0 Å². The predicted molar refractivity (Wildman–Crippen MR) is 87.3 cm³/mol. The van der Waals surface area contributed by atoms with Crippen molar-refractivity contribution in [3.05, 3.63) is 33.8 Å². The van der Waals surface area contributed by atoms with Crippen molar-refractivity contribution < 1.29 is 8.42 Å². The van der Waals surface area contributed by atoms with Gasteiger partial charge in [0.1, 0.15) is 0 Å². The van der Waals surface area contributed by atoms with Crippen LogP contribution in [0.15, 0.2) is 18.2 Å². The summed E-state index contributed by atoms with van der Waals surface area (Å²) >= 11 is 11.8. The highest BCUT2D eigenvalue weighted by Gasteiger charge is 2.28. The second kappa shape index (κ2) is 6.84. The Labute approximate surface area is 136 Å². The molecule has 21 heavy (non-hydrogen) atoms. The molecule has 4 nitrogen and oxygen atoms in total. The molecule has 0 bridgehead atoms. The zero-order chi connectivity index (χ0) is 15.5. The summed E-state index contributed by atoms with van der Waals surface area (Å²) in [5.74, 6) is -0.110. The molecule has 2 rings (SSSR count). The maximum Gasteiger partial charge on any atom is 0.215 e. The lowest BCUT2D eigenvalue weighted by Crippen LogP contribution is -2.43. The minimum Gasteiger partial charge on any atom is -0.317 e. The van der Waals surface area contributed by atoms with E-state index < -0.39 is 10.0 Å². The second-order valence-corrected chi connectivity index (χ2v) is 8.60. The van der Waals surface area contributed by atoms with Gasteiger partial charge in [0.25, 0.3) is 0 Å². The maximum absolute atomic E-state index is 12.2. The van der Waals surface area contributed by atoms with E-state index in [1.807, 2.05) is 0 Å². The zero-order valence-electron chi connectivity index (χ0n) is 12.0. The number of halogens is 2. The number of sulfonamides is 1. The highest BCUT2D eigenvalue weighted by atomic mass is 35.5. The molecule has 0 radical (unpaired) electrons. The van der Waals surface area contributed by atoms with Gasteiger partial charge in [-0.1, -0.05) is 30.1 Å². The average Bonchev–Trinajstić information content (AvgIpc) is 2.36. The smallest absolute Gasteiger partial charge is 0.215 e. The fourth-order valence-corrected chi connectivity index (χ4v) is 4.30. The largest absolute Gasteiger partial charge is 0.317 e. The summed E-state index contributed by atoms with van der Waals surface area (Å²) in [5, 5.41) is 4.17. The quantitative estimate of drug-likeness (QED) is 0.858. The summed E-state index contributed by atoms with van der Waals surface area (Å²) in [6.45, 7) is 4.45. The number of hydrogen-bond acceptors (Lipinski definition) is 3. The lowest BCUT2D eigenvalue weighted by atomic mass is 9.81. The van der Waals surface area contributed by atoms with E-state index in [4.69, 9.17) is 23.2 Å². The summed E-state index contributed by atoms with van der Waals surface area (Å²) in [5.41, 5.74) is 0.611. The Morgan fingerprint density at radius 1 is 1.19 bits per heavy atom. The first-order valence-corrected chi connectivity index (χ1v) is 9.32. The Morgan fingerprint density at radius 2 is 1.76 bits per heavy atom. The fraction of sp³-hybridized carbons (Fsp3) is 0.571. The van der Waals surface area contributed by atoms with Crippen LogP contribution in [0, 0.1) is 5.41 Å². The molecule has 0 amide bonds. The molecule has 118 valence electrons. The predicted octanol–water partition coefficient (Wildman–Crippen LogP) is 2.80. The lowest BCUT2D eigenvalue weighted by molar-refractivity contribution is 0.232. The van der Waals surface area contributed by atoms with Crippen molar-refractivity contribution in [2.24, 2.45) is 5.41 Å². The van der Waals surface area contributed by atoms with Crippen LogP contribution in [0.5, 0.6) is 0 Å². The third-order valence-electron chi connectivity index (χ3n) is 3.81. The second-order valence-electron chi connectivity index (χ2n) is 5.92. The minimum atomic E-state index is -3.39. The van der Waals surface area contributed by atoms with Gasteiger partial charge in [0.15, 0.2) is 0 Å². The van der Waals surface area contributed by atoms with Gasteiger partial charge in [-0.3, -0.25) is 0 Å². The van der Waals surface area contributed by atoms with Crippen LogP contribution in [-0.4, -0.2) is 28.1 Å². The van der Waals surface area contributed by atoms with Crippen LogP contribution in [0.4, 0.5) is 0 Å². The summed E-state index contributed by atoms with van der Waals surface area (Å²) in [6, 6.07) is 4.83. The molecule has 0 spiro atoms. The topological polar surface area (TPSA) is 58.2 Å². The standard InChI is InChI=1S/C14H20Cl2N2O2S/c1-14(2-4-17-5-3-14)10-18-21(19,20)9-11-6-12(15)8-13(16)7-11/h6-8,17-18H,2-5,9-10H2,1H3. The van der Waals surface area contributed by atoms with Gasteiger partial charge in [0.2, 0.25) is 10.0 Å². The Morgan fingerprint density at radius 3 is 2.33 bits per heavy atom. The normalized spacial score (nSPS) is 18.6. The molecule has 0 saturated carbocycles. The number of benzene rings is 1. The van der Waals surface area contributed by atoms with Crippen molar-refractivity contribution in [3.63, 3.8) is 0 Å². The zero-order valence-corrected chi connectivity index (χ0v) is 14.3. The number of hydrogen-bond donors (Lipinski definition) is 2. The van der Waals surface area contributed by atoms with E-state index in [0.29, 0.717) is 22.2 Å². The van der Waals surface area contributed by atoms with Crippen LogP contribution in [0.3, 0.4) is 0 Å². The van der Waals surface area contributed by atoms with Crippen molar-refractivity contribution in [2.75, 3.05) is 19.6 Å². The van der Waals surface area contributed by atoms with Crippen LogP contribution in [-0.2, 0) is 15.8 Å². The summed E-state index contributed by atoms with van der Waals surface area (Å²) in [7, 11) is -3.39. The lowest BCUT2D eigenvalue weighted by Gasteiger charge is -2.34. The molecule has 1 aliphatic rings. The van der Waals surface area contributed by atoms with Gasteiger partial charge in [0.05, 0.1) is 5.75 Å². The molecule has 1 aromatic rings. The van der Waals surface area contributed by atoms with Gasteiger partial charge in [0, 0.05) is 16.6 Å². The third kappa shape index (κ3) is 5.42. The molecule has 0 aliphatic carbocycles. The highest BCUT2D eigenvalue weighted by Crippen LogP contribution is 2.27. The Hall–Kier alpha value is -0.330. The van der Waals surface area contributed by atoms with E-state index >= 15 is 0 Å². The minimum absolute atomic E-state index is 0.0182. The van der Waals surface area contributed by atoms with Crippen molar-refractivity contribution in [1.82, 2.24) is 10.0 Å². The first-order chi connectivity index (χ1) is 9.78. The molecule has 1 saturated heterocycles. The Bertz CT molecular complexity index is 579. The van der Waals surface area contributed by atoms with Crippen LogP contribution in [0.2, 0.25) is 10.0 Å². The molecular weight excluding hydrogens is 331 g/mol. The van der Waals surface area contributed by atoms with E-state index in [9.17, 15) is 8.42 Å². The molecule has 0 unspecified atom stereocenters. The molecule has 1 aliphatic heterocycles. The fourth-order valence-electron chi connectivity index (χ4n) is 2.46. The number of nitrogens with one attached hydrogen (secondary N) is 2. The van der Waals surface area contributed by atoms with E-state index in [1.54, 1.807) is 18.2 Å². The van der Waals surface area contributed by atoms with E-state index in [1.165, 1.54) is 0 Å². The van der Waals surface area contributed by atoms with Crippen molar-refractivity contribution in [1.29, 1.82) is 0 Å². The van der Waals surface area contributed by atoms with Gasteiger partial charge in [-0.15, -0.1) is 0 Å². The van der Waals surface area contributed by atoms with Gasteiger partial charge in [-0.05, 0) is 55.1 Å². The molecule has 0 aromatic heterocycles. The van der Waals surface area contributed by atoms with Gasteiger partial charge in [-0.25, -0.2) is 13.1 Å². The number of piperidine rings is 1. The number of rotatable bonds is 5. The van der Waals surface area contributed by atoms with Gasteiger partial charge >= 0.3 is 0 Å². The average molecular weight is 351 g/mol. The van der Waals surface area contributed by atoms with Crippen LogP contribution in [0.1, 0.15) is 25.3 Å². The van der Waals surface area contributed by atoms with Crippen LogP contribution >= 0.6 is 23.2 Å². The molecule has 1 fully saturated rings. The molecule has 7 heteroatoms. The molecule has 1 heterocycles. The summed E-state index contributed by atoms with van der Waals surface area (Å²) < 4.78 is 27.1. The molecule has 1 aromatic carbocycles. The Kier molecular flexibility index (Phi) is 5.54. The van der Waals surface area contributed by atoms with Crippen LogP contribution in [0.25, 0.3) is 0 Å². The maximum atomic E-state index is 12.2. The molecule has 2 N–H and O–H groups in total. The van der Waals surface area contributed by atoms with Gasteiger partial charge in [-0.2, -0.15) is 0 Å².